The number of ether oxygens (including phenoxy) is 1. The highest BCUT2D eigenvalue weighted by molar-refractivity contribution is 5.88. The predicted molar refractivity (Wildman–Crippen MR) is 140 cm³/mol. The molecular formula is C30H36N2O3. The number of benzene rings is 3. The Hall–Kier alpha value is -3.60. The third-order valence-corrected chi connectivity index (χ3v) is 5.99. The maximum absolute atomic E-state index is 13.5. The van der Waals surface area contributed by atoms with Crippen LogP contribution in [0.15, 0.2) is 78.9 Å². The number of carbonyl (C=O) groups is 2. The van der Waals surface area contributed by atoms with E-state index in [0.29, 0.717) is 25.3 Å². The van der Waals surface area contributed by atoms with Crippen LogP contribution in [0.3, 0.4) is 0 Å². The Bertz CT molecular complexity index is 1060. The van der Waals surface area contributed by atoms with E-state index in [4.69, 9.17) is 4.74 Å². The van der Waals surface area contributed by atoms with Gasteiger partial charge in [0.25, 0.3) is 5.91 Å². The Kier molecular flexibility index (Phi) is 9.91. The molecule has 0 heterocycles. The van der Waals surface area contributed by atoms with Gasteiger partial charge in [-0.25, -0.2) is 0 Å². The summed E-state index contributed by atoms with van der Waals surface area (Å²) < 4.78 is 5.84. The molecule has 5 nitrogen and oxygen atoms in total. The topological polar surface area (TPSA) is 58.6 Å². The summed E-state index contributed by atoms with van der Waals surface area (Å²) in [4.78, 5) is 28.5. The second-order valence-electron chi connectivity index (χ2n) is 8.79. The van der Waals surface area contributed by atoms with Crippen LogP contribution < -0.4 is 10.1 Å². The standard InChI is InChI=1S/C30H36N2O3/c1-4-19-31-30(34)28(20-25-9-7-6-8-10-25)32(21-26-13-11-23(3)12-14-26)29(33)22-35-27-17-15-24(5-2)16-18-27/h6-18,28H,4-5,19-22H2,1-3H3,(H,31,34). The molecular weight excluding hydrogens is 436 g/mol. The first-order chi connectivity index (χ1) is 17.0. The lowest BCUT2D eigenvalue weighted by Gasteiger charge is -2.31. The maximum atomic E-state index is 13.5. The van der Waals surface area contributed by atoms with E-state index >= 15 is 0 Å². The molecule has 0 bridgehead atoms. The van der Waals surface area contributed by atoms with Gasteiger partial charge in [0.1, 0.15) is 11.8 Å². The number of carbonyl (C=O) groups excluding carboxylic acids is 2. The maximum Gasteiger partial charge on any atom is 0.261 e. The minimum atomic E-state index is -0.649. The lowest BCUT2D eigenvalue weighted by Crippen LogP contribution is -2.51. The Morgan fingerprint density at radius 3 is 2.14 bits per heavy atom. The van der Waals surface area contributed by atoms with Crippen molar-refractivity contribution in [3.8, 4) is 5.75 Å². The number of hydrogen-bond donors (Lipinski definition) is 1. The first kappa shape index (κ1) is 26.0. The molecule has 5 heteroatoms. The number of nitrogens with one attached hydrogen (secondary N) is 1. The number of hydrogen-bond acceptors (Lipinski definition) is 3. The molecule has 0 aliphatic rings. The van der Waals surface area contributed by atoms with Gasteiger partial charge < -0.3 is 15.0 Å². The Morgan fingerprint density at radius 1 is 0.857 bits per heavy atom. The molecule has 3 rings (SSSR count). The van der Waals surface area contributed by atoms with Crippen LogP contribution in [0.1, 0.15) is 42.5 Å². The highest BCUT2D eigenvalue weighted by Crippen LogP contribution is 2.17. The summed E-state index contributed by atoms with van der Waals surface area (Å²) in [7, 11) is 0. The summed E-state index contributed by atoms with van der Waals surface area (Å²) in [6.45, 7) is 6.90. The van der Waals surface area contributed by atoms with E-state index in [2.05, 4.69) is 12.2 Å². The van der Waals surface area contributed by atoms with E-state index in [-0.39, 0.29) is 18.4 Å². The van der Waals surface area contributed by atoms with Gasteiger partial charge in [-0.15, -0.1) is 0 Å². The number of rotatable bonds is 12. The third kappa shape index (κ3) is 7.99. The van der Waals surface area contributed by atoms with Gasteiger partial charge in [0.2, 0.25) is 5.91 Å². The fourth-order valence-electron chi connectivity index (χ4n) is 3.86. The van der Waals surface area contributed by atoms with Crippen LogP contribution in [-0.2, 0) is 29.0 Å². The van der Waals surface area contributed by atoms with Crippen molar-refractivity contribution >= 4 is 11.8 Å². The van der Waals surface area contributed by atoms with E-state index in [1.54, 1.807) is 4.90 Å². The second-order valence-corrected chi connectivity index (χ2v) is 8.79. The zero-order valence-electron chi connectivity index (χ0n) is 21.0. The molecule has 35 heavy (non-hydrogen) atoms. The highest BCUT2D eigenvalue weighted by Gasteiger charge is 2.30. The second kappa shape index (κ2) is 13.3. The minimum absolute atomic E-state index is 0.135. The number of nitrogens with zero attached hydrogens (tertiary/aromatic N) is 1. The molecule has 0 fully saturated rings. The fourth-order valence-corrected chi connectivity index (χ4v) is 3.86. The number of amides is 2. The average Bonchev–Trinajstić information content (AvgIpc) is 2.89. The largest absolute Gasteiger partial charge is 0.484 e. The molecule has 3 aromatic rings. The van der Waals surface area contributed by atoms with Crippen LogP contribution in [0.25, 0.3) is 0 Å². The van der Waals surface area contributed by atoms with Gasteiger partial charge in [0, 0.05) is 19.5 Å². The van der Waals surface area contributed by atoms with E-state index < -0.39 is 6.04 Å². The Balaban J connectivity index is 1.86. The lowest BCUT2D eigenvalue weighted by atomic mass is 10.0. The van der Waals surface area contributed by atoms with E-state index in [9.17, 15) is 9.59 Å². The van der Waals surface area contributed by atoms with Gasteiger partial charge in [-0.05, 0) is 48.6 Å². The molecule has 3 aromatic carbocycles. The van der Waals surface area contributed by atoms with Crippen molar-refractivity contribution < 1.29 is 14.3 Å². The molecule has 184 valence electrons. The zero-order valence-corrected chi connectivity index (χ0v) is 21.0. The van der Waals surface area contributed by atoms with Crippen molar-refractivity contribution in [3.05, 3.63) is 101 Å². The normalized spacial score (nSPS) is 11.5. The van der Waals surface area contributed by atoms with Crippen LogP contribution >= 0.6 is 0 Å². The smallest absolute Gasteiger partial charge is 0.261 e. The summed E-state index contributed by atoms with van der Waals surface area (Å²) in [6, 6.07) is 25.0. The van der Waals surface area contributed by atoms with Crippen molar-refractivity contribution in [2.75, 3.05) is 13.2 Å². The third-order valence-electron chi connectivity index (χ3n) is 5.99. The van der Waals surface area contributed by atoms with Crippen LogP contribution in [0.4, 0.5) is 0 Å². The molecule has 0 saturated carbocycles. The first-order valence-electron chi connectivity index (χ1n) is 12.4. The SMILES string of the molecule is CCCNC(=O)C(Cc1ccccc1)N(Cc1ccc(C)cc1)C(=O)COc1ccc(CC)cc1. The minimum Gasteiger partial charge on any atom is -0.484 e. The van der Waals surface area contributed by atoms with Gasteiger partial charge in [-0.3, -0.25) is 9.59 Å². The Labute approximate surface area is 209 Å². The molecule has 1 N–H and O–H groups in total. The number of aryl methyl sites for hydroxylation is 2. The molecule has 1 atom stereocenters. The van der Waals surface area contributed by atoms with Gasteiger partial charge in [-0.1, -0.05) is 86.1 Å². The molecule has 0 aliphatic heterocycles. The van der Waals surface area contributed by atoms with Crippen LogP contribution in [0.2, 0.25) is 0 Å². The van der Waals surface area contributed by atoms with Gasteiger partial charge in [-0.2, -0.15) is 0 Å². The first-order valence-corrected chi connectivity index (χ1v) is 12.4. The molecule has 1 unspecified atom stereocenters. The van der Waals surface area contributed by atoms with Gasteiger partial charge in [0.15, 0.2) is 6.61 Å². The molecule has 0 saturated heterocycles. The van der Waals surface area contributed by atoms with Crippen molar-refractivity contribution in [1.82, 2.24) is 10.2 Å². The van der Waals surface area contributed by atoms with Crippen LogP contribution in [-0.4, -0.2) is 35.9 Å². The summed E-state index contributed by atoms with van der Waals surface area (Å²) in [5.74, 6) is 0.266. The summed E-state index contributed by atoms with van der Waals surface area (Å²) in [5.41, 5.74) is 4.33. The van der Waals surface area contributed by atoms with E-state index in [1.807, 2.05) is 92.7 Å². The monoisotopic (exact) mass is 472 g/mol. The molecule has 0 radical (unpaired) electrons. The lowest BCUT2D eigenvalue weighted by molar-refractivity contribution is -0.142. The summed E-state index contributed by atoms with van der Waals surface area (Å²) in [6.07, 6.45) is 2.20. The Morgan fingerprint density at radius 2 is 1.51 bits per heavy atom. The van der Waals surface area contributed by atoms with Crippen LogP contribution in [0.5, 0.6) is 5.75 Å². The quantitative estimate of drug-likeness (QED) is 0.399. The molecule has 0 spiro atoms. The van der Waals surface area contributed by atoms with E-state index in [1.165, 1.54) is 5.56 Å². The summed E-state index contributed by atoms with van der Waals surface area (Å²) in [5, 5.41) is 3.00. The van der Waals surface area contributed by atoms with Crippen molar-refractivity contribution in [2.45, 2.75) is 52.6 Å². The van der Waals surface area contributed by atoms with Gasteiger partial charge >= 0.3 is 0 Å². The van der Waals surface area contributed by atoms with Crippen LogP contribution in [0, 0.1) is 6.92 Å². The van der Waals surface area contributed by atoms with Crippen molar-refractivity contribution in [3.63, 3.8) is 0 Å². The van der Waals surface area contributed by atoms with E-state index in [0.717, 1.165) is 29.5 Å². The summed E-state index contributed by atoms with van der Waals surface area (Å²) >= 11 is 0. The van der Waals surface area contributed by atoms with Crippen molar-refractivity contribution in [2.24, 2.45) is 0 Å². The molecule has 0 aliphatic carbocycles. The molecule has 2 amide bonds. The predicted octanol–water partition coefficient (Wildman–Crippen LogP) is 5.10. The van der Waals surface area contributed by atoms with Crippen molar-refractivity contribution in [1.29, 1.82) is 0 Å². The highest BCUT2D eigenvalue weighted by atomic mass is 16.5. The zero-order chi connectivity index (χ0) is 25.0. The van der Waals surface area contributed by atoms with Gasteiger partial charge in [0.05, 0.1) is 0 Å². The average molecular weight is 473 g/mol. The fraction of sp³-hybridized carbons (Fsp3) is 0.333. The molecule has 0 aromatic heterocycles.